The summed E-state index contributed by atoms with van der Waals surface area (Å²) in [5.41, 5.74) is 6.51. The van der Waals surface area contributed by atoms with Crippen LogP contribution in [0, 0.1) is 0 Å². The largest absolute Gasteiger partial charge is 0.245 e. The molecule has 56 valence electrons. The molecule has 0 saturated carbocycles. The summed E-state index contributed by atoms with van der Waals surface area (Å²) in [7, 11) is 0. The Labute approximate surface area is 64.5 Å². The van der Waals surface area contributed by atoms with Gasteiger partial charge in [0.1, 0.15) is 6.34 Å². The lowest BCUT2D eigenvalue weighted by Crippen LogP contribution is -2.37. The predicted molar refractivity (Wildman–Crippen MR) is 43.7 cm³/mol. The van der Waals surface area contributed by atoms with E-state index >= 15 is 0 Å². The first kappa shape index (κ1) is 6.18. The van der Waals surface area contributed by atoms with Crippen molar-refractivity contribution in [1.29, 1.82) is 0 Å². The summed E-state index contributed by atoms with van der Waals surface area (Å²) in [4.78, 5) is 0. The fourth-order valence-electron chi connectivity index (χ4n) is 0.918. The minimum atomic E-state index is 1.06. The number of nitrogens with zero attached hydrogens (tertiary/aromatic N) is 2. The second kappa shape index (κ2) is 2.59. The van der Waals surface area contributed by atoms with Gasteiger partial charge in [0, 0.05) is 0 Å². The molecule has 4 nitrogen and oxygen atoms in total. The molecule has 2 N–H and O–H groups in total. The van der Waals surface area contributed by atoms with Crippen LogP contribution in [0.15, 0.2) is 35.4 Å². The molecule has 4 heteroatoms. The van der Waals surface area contributed by atoms with Crippen molar-refractivity contribution >= 4 is 12.0 Å². The molecule has 0 bridgehead atoms. The maximum Gasteiger partial charge on any atom is 0.133 e. The molecule has 2 rings (SSSR count). The van der Waals surface area contributed by atoms with Crippen molar-refractivity contribution in [3.63, 3.8) is 0 Å². The minimum absolute atomic E-state index is 1.06. The van der Waals surface area contributed by atoms with Crippen LogP contribution in [-0.2, 0) is 0 Å². The summed E-state index contributed by atoms with van der Waals surface area (Å²) >= 11 is 0. The van der Waals surface area contributed by atoms with Gasteiger partial charge in [0.05, 0.1) is 5.69 Å². The molecule has 0 aliphatic carbocycles. The standard InChI is InChI=1S/C7H8N4/c1-2-4-7(5-3-1)11-6-8-9-10-11/h1-6,9-10H. The number of hydrogen-bond acceptors (Lipinski definition) is 4. The second-order valence-corrected chi connectivity index (χ2v) is 2.17. The number of benzene rings is 1. The number of hydrogen-bond donors (Lipinski definition) is 2. The van der Waals surface area contributed by atoms with E-state index in [2.05, 4.69) is 16.2 Å². The van der Waals surface area contributed by atoms with Gasteiger partial charge < -0.3 is 0 Å². The van der Waals surface area contributed by atoms with E-state index < -0.39 is 0 Å². The van der Waals surface area contributed by atoms with E-state index in [1.807, 2.05) is 30.3 Å². The van der Waals surface area contributed by atoms with Crippen molar-refractivity contribution < 1.29 is 0 Å². The first-order valence-corrected chi connectivity index (χ1v) is 3.35. The second-order valence-electron chi connectivity index (χ2n) is 2.17. The average Bonchev–Trinajstić information content (AvgIpc) is 2.58. The molecular formula is C7H8N4. The van der Waals surface area contributed by atoms with Crippen LogP contribution in [0.1, 0.15) is 0 Å². The van der Waals surface area contributed by atoms with Gasteiger partial charge in [0.15, 0.2) is 0 Å². The number of rotatable bonds is 1. The summed E-state index contributed by atoms with van der Waals surface area (Å²) in [6.07, 6.45) is 1.68. The Kier molecular flexibility index (Phi) is 1.46. The van der Waals surface area contributed by atoms with E-state index in [9.17, 15) is 0 Å². The SMILES string of the molecule is C1=NNNN1c1ccccc1. The Hall–Kier alpha value is -1.55. The van der Waals surface area contributed by atoms with Crippen LogP contribution >= 0.6 is 0 Å². The molecule has 0 radical (unpaired) electrons. The fraction of sp³-hybridized carbons (Fsp3) is 0. The predicted octanol–water partition coefficient (Wildman–Crippen LogP) is 0.459. The molecule has 1 aliphatic heterocycles. The summed E-state index contributed by atoms with van der Waals surface area (Å²) < 4.78 is 0. The highest BCUT2D eigenvalue weighted by Gasteiger charge is 2.04. The first-order valence-electron chi connectivity index (χ1n) is 3.35. The van der Waals surface area contributed by atoms with Crippen molar-refractivity contribution in [3.05, 3.63) is 30.3 Å². The number of hydrazone groups is 1. The van der Waals surface area contributed by atoms with Crippen LogP contribution in [0.25, 0.3) is 0 Å². The molecular weight excluding hydrogens is 140 g/mol. The molecule has 0 unspecified atom stereocenters. The van der Waals surface area contributed by atoms with Gasteiger partial charge in [-0.3, -0.25) is 0 Å². The van der Waals surface area contributed by atoms with E-state index in [-0.39, 0.29) is 0 Å². The van der Waals surface area contributed by atoms with Gasteiger partial charge in [-0.25, -0.2) is 10.5 Å². The molecule has 0 aromatic heterocycles. The Morgan fingerprint density at radius 2 is 2.00 bits per heavy atom. The number of hydrazine groups is 2. The van der Waals surface area contributed by atoms with Crippen LogP contribution in [0.5, 0.6) is 0 Å². The zero-order valence-corrected chi connectivity index (χ0v) is 5.86. The van der Waals surface area contributed by atoms with Crippen LogP contribution in [0.2, 0.25) is 0 Å². The smallest absolute Gasteiger partial charge is 0.133 e. The van der Waals surface area contributed by atoms with Crippen LogP contribution in [-0.4, -0.2) is 6.34 Å². The maximum absolute atomic E-state index is 3.78. The highest BCUT2D eigenvalue weighted by atomic mass is 15.8. The monoisotopic (exact) mass is 148 g/mol. The minimum Gasteiger partial charge on any atom is -0.245 e. The highest BCUT2D eigenvalue weighted by molar-refractivity contribution is 5.78. The molecule has 1 heterocycles. The molecule has 0 spiro atoms. The molecule has 0 fully saturated rings. The van der Waals surface area contributed by atoms with Gasteiger partial charge in [-0.15, -0.1) is 5.53 Å². The zero-order chi connectivity index (χ0) is 7.52. The lowest BCUT2D eigenvalue weighted by atomic mass is 10.3. The Morgan fingerprint density at radius 3 is 2.64 bits per heavy atom. The quantitative estimate of drug-likeness (QED) is 0.607. The average molecular weight is 148 g/mol. The fourth-order valence-corrected chi connectivity index (χ4v) is 0.918. The summed E-state index contributed by atoms with van der Waals surface area (Å²) in [6.45, 7) is 0. The maximum atomic E-state index is 3.78. The lowest BCUT2D eigenvalue weighted by molar-refractivity contribution is 0.623. The third-order valence-electron chi connectivity index (χ3n) is 1.44. The van der Waals surface area contributed by atoms with Gasteiger partial charge in [0.2, 0.25) is 0 Å². The van der Waals surface area contributed by atoms with Crippen molar-refractivity contribution in [1.82, 2.24) is 11.1 Å². The van der Waals surface area contributed by atoms with E-state index in [1.165, 1.54) is 0 Å². The van der Waals surface area contributed by atoms with Crippen LogP contribution in [0.4, 0.5) is 5.69 Å². The van der Waals surface area contributed by atoms with Crippen LogP contribution in [0.3, 0.4) is 0 Å². The Bertz CT molecular complexity index is 256. The molecule has 0 amide bonds. The van der Waals surface area contributed by atoms with Gasteiger partial charge in [-0.2, -0.15) is 5.10 Å². The van der Waals surface area contributed by atoms with E-state index in [4.69, 9.17) is 0 Å². The molecule has 1 aromatic rings. The highest BCUT2D eigenvalue weighted by Crippen LogP contribution is 2.09. The molecule has 11 heavy (non-hydrogen) atoms. The third kappa shape index (κ3) is 1.15. The summed E-state index contributed by atoms with van der Waals surface area (Å²) in [6, 6.07) is 9.91. The van der Waals surface area contributed by atoms with Gasteiger partial charge in [-0.1, -0.05) is 18.2 Å². The van der Waals surface area contributed by atoms with Crippen molar-refractivity contribution in [2.45, 2.75) is 0 Å². The summed E-state index contributed by atoms with van der Waals surface area (Å²) in [5.74, 6) is 0. The number of para-hydroxylation sites is 1. The lowest BCUT2D eigenvalue weighted by Gasteiger charge is -2.12. The topological polar surface area (TPSA) is 39.7 Å². The first-order chi connectivity index (χ1) is 5.47. The van der Waals surface area contributed by atoms with Crippen molar-refractivity contribution in [2.24, 2.45) is 5.10 Å². The Balaban J connectivity index is 2.23. The zero-order valence-electron chi connectivity index (χ0n) is 5.86. The van der Waals surface area contributed by atoms with Crippen LogP contribution < -0.4 is 16.1 Å². The normalized spacial score (nSPS) is 15.1. The molecule has 1 aromatic carbocycles. The van der Waals surface area contributed by atoms with Gasteiger partial charge in [-0.05, 0) is 12.1 Å². The Morgan fingerprint density at radius 1 is 1.18 bits per heavy atom. The van der Waals surface area contributed by atoms with Gasteiger partial charge in [0.25, 0.3) is 0 Å². The number of nitrogens with one attached hydrogen (secondary N) is 2. The summed E-state index contributed by atoms with van der Waals surface area (Å²) in [5, 5.41) is 5.57. The molecule has 0 atom stereocenters. The van der Waals surface area contributed by atoms with E-state index in [0.717, 1.165) is 5.69 Å². The third-order valence-corrected chi connectivity index (χ3v) is 1.44. The van der Waals surface area contributed by atoms with E-state index in [1.54, 1.807) is 11.3 Å². The van der Waals surface area contributed by atoms with E-state index in [0.29, 0.717) is 0 Å². The van der Waals surface area contributed by atoms with Crippen molar-refractivity contribution in [3.8, 4) is 0 Å². The molecule has 0 saturated heterocycles. The molecule has 1 aliphatic rings. The van der Waals surface area contributed by atoms with Gasteiger partial charge >= 0.3 is 0 Å². The van der Waals surface area contributed by atoms with Crippen molar-refractivity contribution in [2.75, 3.05) is 5.01 Å². The number of anilines is 1.